The summed E-state index contributed by atoms with van der Waals surface area (Å²) in [6.07, 6.45) is 0.446. The molecule has 4 rings (SSSR count). The molecule has 112 valence electrons. The summed E-state index contributed by atoms with van der Waals surface area (Å²) in [7, 11) is 0. The fourth-order valence-corrected chi connectivity index (χ4v) is 4.17. The molecule has 1 unspecified atom stereocenters. The molecule has 3 aliphatic heterocycles. The van der Waals surface area contributed by atoms with E-state index in [0.717, 1.165) is 29.6 Å². The van der Waals surface area contributed by atoms with Gasteiger partial charge in [0.25, 0.3) is 0 Å². The average Bonchev–Trinajstić information content (AvgIpc) is 3.18. The topological polar surface area (TPSA) is 84.7 Å². The van der Waals surface area contributed by atoms with E-state index in [4.69, 9.17) is 5.53 Å². The number of aliphatic imine (C=N–C) groups is 1. The molecule has 1 aromatic carbocycles. The van der Waals surface area contributed by atoms with Gasteiger partial charge in [-0.25, -0.2) is 0 Å². The van der Waals surface area contributed by atoms with Gasteiger partial charge in [-0.3, -0.25) is 9.79 Å². The van der Waals surface area contributed by atoms with Gasteiger partial charge in [-0.05, 0) is 41.4 Å². The smallest absolute Gasteiger partial charge is 0.227 e. The summed E-state index contributed by atoms with van der Waals surface area (Å²) in [5.41, 5.74) is 10.5. The molecule has 3 aliphatic rings. The third-order valence-corrected chi connectivity index (χ3v) is 5.25. The molecule has 0 N–H and O–H groups in total. The maximum Gasteiger partial charge on any atom is 0.227 e. The van der Waals surface area contributed by atoms with Gasteiger partial charge in [0.05, 0.1) is 12.2 Å². The molecule has 1 amide bonds. The van der Waals surface area contributed by atoms with Crippen molar-refractivity contribution in [1.82, 2.24) is 0 Å². The fourth-order valence-electron chi connectivity index (χ4n) is 3.11. The molecule has 0 spiro atoms. The number of fused-ring (bicyclic) bond motifs is 3. The summed E-state index contributed by atoms with van der Waals surface area (Å²) >= 11 is 1.69. The van der Waals surface area contributed by atoms with E-state index in [9.17, 15) is 4.79 Å². The van der Waals surface area contributed by atoms with Crippen molar-refractivity contribution in [2.45, 2.75) is 11.3 Å². The number of thioether (sulfide) groups is 1. The lowest BCUT2D eigenvalue weighted by atomic mass is 10.1. The molecule has 3 heterocycles. The number of carbonyl (C=O) groups is 1. The third-order valence-electron chi connectivity index (χ3n) is 4.16. The lowest BCUT2D eigenvalue weighted by Gasteiger charge is -2.19. The van der Waals surface area contributed by atoms with Crippen LogP contribution in [0, 0.1) is 5.92 Å². The minimum absolute atomic E-state index is 0.0963. The highest BCUT2D eigenvalue weighted by Crippen LogP contribution is 2.44. The van der Waals surface area contributed by atoms with Gasteiger partial charge in [0.2, 0.25) is 5.91 Å². The zero-order valence-corrected chi connectivity index (χ0v) is 12.7. The molecule has 1 fully saturated rings. The summed E-state index contributed by atoms with van der Waals surface area (Å²) in [4.78, 5) is 24.7. The van der Waals surface area contributed by atoms with Crippen LogP contribution in [0.15, 0.2) is 33.2 Å². The fraction of sp³-hybridized carbons (Fsp3) is 0.429. The maximum absolute atomic E-state index is 12.2. The Bertz CT molecular complexity index is 726. The van der Waals surface area contributed by atoms with E-state index in [1.807, 2.05) is 6.07 Å². The highest BCUT2D eigenvalue weighted by Gasteiger charge is 2.33. The van der Waals surface area contributed by atoms with Crippen LogP contribution in [-0.4, -0.2) is 37.3 Å². The monoisotopic (exact) mass is 314 g/mol. The van der Waals surface area contributed by atoms with Crippen molar-refractivity contribution < 1.29 is 4.79 Å². The largest absolute Gasteiger partial charge is 0.318 e. The molecule has 8 heteroatoms. The molecule has 0 saturated carbocycles. The van der Waals surface area contributed by atoms with E-state index in [1.54, 1.807) is 16.7 Å². The zero-order chi connectivity index (χ0) is 15.1. The van der Waals surface area contributed by atoms with Gasteiger partial charge >= 0.3 is 0 Å². The van der Waals surface area contributed by atoms with Crippen molar-refractivity contribution in [3.63, 3.8) is 0 Å². The number of benzene rings is 1. The number of hydrogen-bond donors (Lipinski definition) is 0. The highest BCUT2D eigenvalue weighted by molar-refractivity contribution is 8.14. The summed E-state index contributed by atoms with van der Waals surface area (Å²) < 4.78 is 0. The van der Waals surface area contributed by atoms with Gasteiger partial charge in [-0.2, -0.15) is 0 Å². The molecule has 22 heavy (non-hydrogen) atoms. The summed E-state index contributed by atoms with van der Waals surface area (Å²) in [5.74, 6) is 0.203. The first-order chi connectivity index (χ1) is 10.8. The molecule has 1 atom stereocenters. The zero-order valence-electron chi connectivity index (χ0n) is 11.8. The van der Waals surface area contributed by atoms with E-state index in [2.05, 4.69) is 32.1 Å². The molecule has 1 aromatic rings. The predicted molar refractivity (Wildman–Crippen MR) is 86.4 cm³/mol. The SMILES string of the molecule is [N-]=[N+]=NCC1CC(=O)N(c2ccc3c(c2)N2CCN=C2S3)C1. The van der Waals surface area contributed by atoms with Gasteiger partial charge < -0.3 is 9.80 Å². The number of anilines is 2. The molecule has 7 nitrogen and oxygen atoms in total. The van der Waals surface area contributed by atoms with Crippen LogP contribution in [0.5, 0.6) is 0 Å². The number of amidine groups is 1. The molecule has 0 aromatic heterocycles. The molecular weight excluding hydrogens is 300 g/mol. The molecule has 0 bridgehead atoms. The van der Waals surface area contributed by atoms with Crippen LogP contribution in [-0.2, 0) is 4.79 Å². The van der Waals surface area contributed by atoms with E-state index in [1.165, 1.54) is 4.90 Å². The Kier molecular flexibility index (Phi) is 3.20. The average molecular weight is 314 g/mol. The van der Waals surface area contributed by atoms with Crippen LogP contribution < -0.4 is 9.80 Å². The first kappa shape index (κ1) is 13.5. The normalized spacial score (nSPS) is 22.5. The summed E-state index contributed by atoms with van der Waals surface area (Å²) in [6.45, 7) is 2.74. The first-order valence-electron chi connectivity index (χ1n) is 7.21. The van der Waals surface area contributed by atoms with E-state index in [0.29, 0.717) is 19.5 Å². The second-order valence-corrected chi connectivity index (χ2v) is 6.57. The quantitative estimate of drug-likeness (QED) is 0.488. The molecule has 0 aliphatic carbocycles. The molecular formula is C14H14N6OS. The van der Waals surface area contributed by atoms with Crippen molar-refractivity contribution in [2.24, 2.45) is 16.0 Å². The van der Waals surface area contributed by atoms with Crippen molar-refractivity contribution in [1.29, 1.82) is 0 Å². The summed E-state index contributed by atoms with van der Waals surface area (Å²) in [5, 5.41) is 4.65. The highest BCUT2D eigenvalue weighted by atomic mass is 32.2. The Hall–Kier alpha value is -2.18. The van der Waals surface area contributed by atoms with Crippen molar-refractivity contribution in [3.8, 4) is 0 Å². The maximum atomic E-state index is 12.2. The first-order valence-corrected chi connectivity index (χ1v) is 8.03. The van der Waals surface area contributed by atoms with Gasteiger partial charge in [0.15, 0.2) is 5.17 Å². The minimum atomic E-state index is 0.0963. The molecule has 0 radical (unpaired) electrons. The Morgan fingerprint density at radius 2 is 2.36 bits per heavy atom. The number of hydrogen-bond acceptors (Lipinski definition) is 5. The summed E-state index contributed by atoms with van der Waals surface area (Å²) in [6, 6.07) is 6.12. The lowest BCUT2D eigenvalue weighted by Crippen LogP contribution is -2.25. The number of nitrogens with zero attached hydrogens (tertiary/aromatic N) is 6. The number of amides is 1. The van der Waals surface area contributed by atoms with Gasteiger partial charge in [0, 0.05) is 41.5 Å². The Morgan fingerprint density at radius 1 is 1.45 bits per heavy atom. The van der Waals surface area contributed by atoms with Crippen LogP contribution in [0.3, 0.4) is 0 Å². The third kappa shape index (κ3) is 2.12. The van der Waals surface area contributed by atoms with Crippen LogP contribution in [0.1, 0.15) is 6.42 Å². The van der Waals surface area contributed by atoms with Crippen molar-refractivity contribution >= 4 is 34.2 Å². The van der Waals surface area contributed by atoms with Crippen LogP contribution in [0.2, 0.25) is 0 Å². The molecule has 1 saturated heterocycles. The van der Waals surface area contributed by atoms with Crippen molar-refractivity contribution in [2.75, 3.05) is 36.0 Å². The Morgan fingerprint density at radius 3 is 3.23 bits per heavy atom. The van der Waals surface area contributed by atoms with Crippen molar-refractivity contribution in [3.05, 3.63) is 28.6 Å². The number of rotatable bonds is 3. The van der Waals surface area contributed by atoms with Crippen LogP contribution >= 0.6 is 11.8 Å². The van der Waals surface area contributed by atoms with E-state index in [-0.39, 0.29) is 11.8 Å². The second kappa shape index (κ2) is 5.23. The predicted octanol–water partition coefficient (Wildman–Crippen LogP) is 2.63. The van der Waals surface area contributed by atoms with Crippen LogP contribution in [0.25, 0.3) is 10.4 Å². The Labute approximate surface area is 131 Å². The van der Waals surface area contributed by atoms with Gasteiger partial charge in [-0.1, -0.05) is 5.11 Å². The van der Waals surface area contributed by atoms with E-state index >= 15 is 0 Å². The van der Waals surface area contributed by atoms with E-state index < -0.39 is 0 Å². The second-order valence-electron chi connectivity index (χ2n) is 5.56. The Balaban J connectivity index is 1.59. The van der Waals surface area contributed by atoms with Gasteiger partial charge in [0.1, 0.15) is 0 Å². The van der Waals surface area contributed by atoms with Gasteiger partial charge in [-0.15, -0.1) is 0 Å². The standard InChI is InChI=1S/C14H14N6OS/c15-18-17-7-9-5-13(21)20(8-9)10-1-2-12-11(6-10)19-4-3-16-14(19)22-12/h1-2,6,9H,3-5,7-8H2. The lowest BCUT2D eigenvalue weighted by molar-refractivity contribution is -0.117. The number of azide groups is 1. The number of carbonyl (C=O) groups excluding carboxylic acids is 1. The minimum Gasteiger partial charge on any atom is -0.318 e. The van der Waals surface area contributed by atoms with Crippen LogP contribution in [0.4, 0.5) is 11.4 Å².